The molecule has 0 unspecified atom stereocenters. The molecule has 3 aromatic carbocycles. The molecular weight excluding hydrogens is 314 g/mol. The summed E-state index contributed by atoms with van der Waals surface area (Å²) < 4.78 is 5.75. The van der Waals surface area contributed by atoms with Crippen molar-refractivity contribution >= 4 is 17.9 Å². The molecule has 0 aromatic heterocycles. The van der Waals surface area contributed by atoms with Crippen LogP contribution in [0.4, 0.5) is 5.69 Å². The topological polar surface area (TPSA) is 46.6 Å². The number of amides is 1. The van der Waals surface area contributed by atoms with Gasteiger partial charge in [0.05, 0.1) is 0 Å². The number of ether oxygens (including phenoxy) is 1. The maximum absolute atomic E-state index is 12.5. The van der Waals surface area contributed by atoms with E-state index in [1.807, 2.05) is 54.6 Å². The van der Waals surface area contributed by atoms with Crippen LogP contribution in [0.2, 0.25) is 0 Å². The summed E-state index contributed by atoms with van der Waals surface area (Å²) in [5.74, 6) is 1.32. The van der Waals surface area contributed by atoms with E-state index < -0.39 is 0 Å². The molecule has 4 heteroatoms. The molecule has 0 radical (unpaired) electrons. The number of anilines is 1. The zero-order chi connectivity index (χ0) is 17.6. The van der Waals surface area contributed by atoms with Gasteiger partial charge in [-0.1, -0.05) is 30.3 Å². The molecular formula is C21H17NO3. The van der Waals surface area contributed by atoms with E-state index in [2.05, 4.69) is 0 Å². The minimum atomic E-state index is -0.144. The Morgan fingerprint density at radius 1 is 0.840 bits per heavy atom. The normalized spacial score (nSPS) is 10.1. The average Bonchev–Trinajstić information content (AvgIpc) is 2.68. The molecule has 0 saturated carbocycles. The molecule has 0 bridgehead atoms. The van der Waals surface area contributed by atoms with Gasteiger partial charge in [0.2, 0.25) is 0 Å². The van der Waals surface area contributed by atoms with Crippen molar-refractivity contribution in [2.75, 3.05) is 11.9 Å². The third-order valence-corrected chi connectivity index (χ3v) is 3.80. The van der Waals surface area contributed by atoms with Gasteiger partial charge in [-0.05, 0) is 48.5 Å². The third kappa shape index (κ3) is 3.93. The Bertz CT molecular complexity index is 856. The van der Waals surface area contributed by atoms with Crippen molar-refractivity contribution in [2.24, 2.45) is 0 Å². The molecule has 0 aliphatic carbocycles. The Balaban J connectivity index is 1.72. The summed E-state index contributed by atoms with van der Waals surface area (Å²) in [5.41, 5.74) is 1.82. The van der Waals surface area contributed by atoms with Crippen molar-refractivity contribution in [2.45, 2.75) is 0 Å². The van der Waals surface area contributed by atoms with Crippen molar-refractivity contribution in [1.82, 2.24) is 0 Å². The first-order chi connectivity index (χ1) is 12.2. The minimum Gasteiger partial charge on any atom is -0.457 e. The minimum absolute atomic E-state index is 0.144. The standard InChI is InChI=1S/C21H17NO3/c1-22(21(24)17-9-7-16(15-23)8-10-17)18-11-13-20(14-12-18)25-19-5-3-2-4-6-19/h2-15H,1H3. The smallest absolute Gasteiger partial charge is 0.258 e. The van der Waals surface area contributed by atoms with E-state index in [9.17, 15) is 9.59 Å². The molecule has 3 rings (SSSR count). The van der Waals surface area contributed by atoms with Crippen LogP contribution >= 0.6 is 0 Å². The number of rotatable bonds is 5. The van der Waals surface area contributed by atoms with Crippen LogP contribution in [-0.4, -0.2) is 19.2 Å². The second-order valence-corrected chi connectivity index (χ2v) is 5.51. The molecule has 0 saturated heterocycles. The van der Waals surface area contributed by atoms with Gasteiger partial charge in [0.15, 0.2) is 0 Å². The molecule has 4 nitrogen and oxygen atoms in total. The number of carbonyl (C=O) groups excluding carboxylic acids is 2. The van der Waals surface area contributed by atoms with E-state index >= 15 is 0 Å². The number of nitrogens with zero attached hydrogens (tertiary/aromatic N) is 1. The molecule has 3 aromatic rings. The molecule has 0 fully saturated rings. The van der Waals surface area contributed by atoms with Gasteiger partial charge in [-0.2, -0.15) is 0 Å². The van der Waals surface area contributed by atoms with Gasteiger partial charge in [0.25, 0.3) is 5.91 Å². The van der Waals surface area contributed by atoms with E-state index in [1.54, 1.807) is 36.2 Å². The van der Waals surface area contributed by atoms with E-state index in [0.717, 1.165) is 17.7 Å². The lowest BCUT2D eigenvalue weighted by molar-refractivity contribution is 0.0992. The molecule has 1 amide bonds. The van der Waals surface area contributed by atoms with Crippen molar-refractivity contribution in [1.29, 1.82) is 0 Å². The molecule has 0 heterocycles. The summed E-state index contributed by atoms with van der Waals surface area (Å²) in [6.45, 7) is 0. The highest BCUT2D eigenvalue weighted by Gasteiger charge is 2.13. The number of hydrogen-bond acceptors (Lipinski definition) is 3. The van der Waals surface area contributed by atoms with Crippen molar-refractivity contribution < 1.29 is 14.3 Å². The second kappa shape index (κ2) is 7.45. The fourth-order valence-corrected chi connectivity index (χ4v) is 2.38. The predicted octanol–water partition coefficient (Wildman–Crippen LogP) is 4.57. The Morgan fingerprint density at radius 3 is 2.04 bits per heavy atom. The van der Waals surface area contributed by atoms with Crippen molar-refractivity contribution in [3.05, 3.63) is 90.0 Å². The number of aldehydes is 1. The molecule has 124 valence electrons. The van der Waals surface area contributed by atoms with Crippen LogP contribution in [0.15, 0.2) is 78.9 Å². The molecule has 0 N–H and O–H groups in total. The maximum atomic E-state index is 12.5. The Kier molecular flexibility index (Phi) is 4.90. The number of hydrogen-bond donors (Lipinski definition) is 0. The van der Waals surface area contributed by atoms with Gasteiger partial charge >= 0.3 is 0 Å². The van der Waals surface area contributed by atoms with E-state index in [-0.39, 0.29) is 5.91 Å². The summed E-state index contributed by atoms with van der Waals surface area (Å²) >= 11 is 0. The van der Waals surface area contributed by atoms with Crippen molar-refractivity contribution in [3.63, 3.8) is 0 Å². The lowest BCUT2D eigenvalue weighted by Crippen LogP contribution is -2.26. The van der Waals surface area contributed by atoms with Crippen LogP contribution in [0, 0.1) is 0 Å². The van der Waals surface area contributed by atoms with Crippen molar-refractivity contribution in [3.8, 4) is 11.5 Å². The van der Waals surface area contributed by atoms with Crippen LogP contribution in [0.3, 0.4) is 0 Å². The van der Waals surface area contributed by atoms with Crippen LogP contribution < -0.4 is 9.64 Å². The fraction of sp³-hybridized carbons (Fsp3) is 0.0476. The second-order valence-electron chi connectivity index (χ2n) is 5.51. The molecule has 25 heavy (non-hydrogen) atoms. The highest BCUT2D eigenvalue weighted by Crippen LogP contribution is 2.24. The van der Waals surface area contributed by atoms with Gasteiger partial charge in [-0.3, -0.25) is 9.59 Å². The number of carbonyl (C=O) groups is 2. The van der Waals surface area contributed by atoms with Gasteiger partial charge in [-0.25, -0.2) is 0 Å². The van der Waals surface area contributed by atoms with Gasteiger partial charge in [0, 0.05) is 23.9 Å². The zero-order valence-electron chi connectivity index (χ0n) is 13.8. The quantitative estimate of drug-likeness (QED) is 0.644. The lowest BCUT2D eigenvalue weighted by Gasteiger charge is -2.18. The number of benzene rings is 3. The van der Waals surface area contributed by atoms with E-state index in [4.69, 9.17) is 4.74 Å². The Labute approximate surface area is 146 Å². The van der Waals surface area contributed by atoms with Crippen LogP contribution in [0.25, 0.3) is 0 Å². The maximum Gasteiger partial charge on any atom is 0.258 e. The Morgan fingerprint density at radius 2 is 1.44 bits per heavy atom. The third-order valence-electron chi connectivity index (χ3n) is 3.80. The Hall–Kier alpha value is -3.40. The summed E-state index contributed by atoms with van der Waals surface area (Å²) in [6.07, 6.45) is 0.753. The van der Waals surface area contributed by atoms with Crippen LogP contribution in [0.5, 0.6) is 11.5 Å². The van der Waals surface area contributed by atoms with Gasteiger partial charge in [-0.15, -0.1) is 0 Å². The van der Waals surface area contributed by atoms with Gasteiger partial charge < -0.3 is 9.64 Å². The molecule has 0 aliphatic rings. The number of para-hydroxylation sites is 1. The fourth-order valence-electron chi connectivity index (χ4n) is 2.38. The summed E-state index contributed by atoms with van der Waals surface area (Å²) in [5, 5.41) is 0. The largest absolute Gasteiger partial charge is 0.457 e. The first-order valence-electron chi connectivity index (χ1n) is 7.83. The first-order valence-corrected chi connectivity index (χ1v) is 7.83. The van der Waals surface area contributed by atoms with Crippen LogP contribution in [0.1, 0.15) is 20.7 Å². The lowest BCUT2D eigenvalue weighted by atomic mass is 10.1. The highest BCUT2D eigenvalue weighted by molar-refractivity contribution is 6.06. The monoisotopic (exact) mass is 331 g/mol. The average molecular weight is 331 g/mol. The van der Waals surface area contributed by atoms with E-state index in [0.29, 0.717) is 16.9 Å². The summed E-state index contributed by atoms with van der Waals surface area (Å²) in [7, 11) is 1.71. The first kappa shape index (κ1) is 16.5. The van der Waals surface area contributed by atoms with Crippen LogP contribution in [-0.2, 0) is 0 Å². The molecule has 0 spiro atoms. The SMILES string of the molecule is CN(C(=O)c1ccc(C=O)cc1)c1ccc(Oc2ccccc2)cc1. The van der Waals surface area contributed by atoms with E-state index in [1.165, 1.54) is 0 Å². The van der Waals surface area contributed by atoms with Gasteiger partial charge in [0.1, 0.15) is 17.8 Å². The highest BCUT2D eigenvalue weighted by atomic mass is 16.5. The summed E-state index contributed by atoms with van der Waals surface area (Å²) in [4.78, 5) is 24.8. The summed E-state index contributed by atoms with van der Waals surface area (Å²) in [6, 6.07) is 23.4. The zero-order valence-corrected chi connectivity index (χ0v) is 13.8. The molecule has 0 aliphatic heterocycles. The molecule has 0 atom stereocenters. The predicted molar refractivity (Wildman–Crippen MR) is 97.5 cm³/mol.